The number of rotatable bonds is 7. The largest absolute Gasteiger partial charge is 0.469 e. The summed E-state index contributed by atoms with van der Waals surface area (Å²) in [4.78, 5) is 50.9. The molecule has 1 N–H and O–H groups in total. The number of carbonyl (C=O) groups excluding carboxylic acids is 4. The molecule has 4 rings (SSSR count). The van der Waals surface area contributed by atoms with E-state index in [1.54, 1.807) is 0 Å². The van der Waals surface area contributed by atoms with Crippen LogP contribution in [0.1, 0.15) is 97.0 Å². The van der Waals surface area contributed by atoms with Crippen molar-refractivity contribution in [3.63, 3.8) is 0 Å². The van der Waals surface area contributed by atoms with Crippen molar-refractivity contribution in [1.82, 2.24) is 15.0 Å². The summed E-state index contributed by atoms with van der Waals surface area (Å²) >= 11 is 0. The van der Waals surface area contributed by atoms with Crippen LogP contribution in [0, 0.1) is 11.3 Å². The number of nitrogens with zero attached hydrogens (tertiary/aromatic N) is 3. The van der Waals surface area contributed by atoms with Crippen LogP contribution in [0.15, 0.2) is 12.1 Å². The molecule has 0 bridgehead atoms. The number of carbonyl (C=O) groups is 4. The van der Waals surface area contributed by atoms with Gasteiger partial charge < -0.3 is 19.5 Å². The molecule has 0 unspecified atom stereocenters. The zero-order valence-corrected chi connectivity index (χ0v) is 24.3. The van der Waals surface area contributed by atoms with Crippen LogP contribution in [0.25, 0.3) is 0 Å². The summed E-state index contributed by atoms with van der Waals surface area (Å²) in [5.74, 6) is -2.09. The van der Waals surface area contributed by atoms with Crippen molar-refractivity contribution < 1.29 is 33.4 Å². The molecule has 0 radical (unpaired) electrons. The van der Waals surface area contributed by atoms with Crippen LogP contribution < -0.4 is 5.32 Å². The van der Waals surface area contributed by atoms with Crippen molar-refractivity contribution in [3.8, 4) is 0 Å². The van der Waals surface area contributed by atoms with Crippen LogP contribution in [0.2, 0.25) is 0 Å². The van der Waals surface area contributed by atoms with E-state index in [-0.39, 0.29) is 41.2 Å². The number of hydrogen-bond donors (Lipinski definition) is 1. The fourth-order valence-electron chi connectivity index (χ4n) is 6.96. The molecule has 0 spiro atoms. The summed E-state index contributed by atoms with van der Waals surface area (Å²) in [6, 6.07) is 4.21. The summed E-state index contributed by atoms with van der Waals surface area (Å²) < 4.78 is 15.8. The van der Waals surface area contributed by atoms with E-state index in [0.717, 1.165) is 67.0 Å². The monoisotopic (exact) mass is 554 g/mol. The summed E-state index contributed by atoms with van der Waals surface area (Å²) in [6.45, 7) is 8.01. The molecule has 0 saturated heterocycles. The van der Waals surface area contributed by atoms with Crippen LogP contribution >= 0.6 is 0 Å². The molecule has 11 heteroatoms. The highest BCUT2D eigenvalue weighted by molar-refractivity contribution is 6.01. The fraction of sp³-hybridized carbons (Fsp3) is 0.586. The minimum atomic E-state index is -0.861. The third kappa shape index (κ3) is 4.75. The zero-order valence-electron chi connectivity index (χ0n) is 24.3. The third-order valence-electron chi connectivity index (χ3n) is 8.90. The van der Waals surface area contributed by atoms with Gasteiger partial charge in [0.1, 0.15) is 6.54 Å². The fourth-order valence-corrected chi connectivity index (χ4v) is 6.96. The number of anilines is 1. The smallest absolute Gasteiger partial charge is 0.361 e. The Labute approximate surface area is 233 Å². The predicted octanol–water partition coefficient (Wildman–Crippen LogP) is 3.80. The molecular weight excluding hydrogens is 516 g/mol. The number of ether oxygens (including phenoxy) is 3. The van der Waals surface area contributed by atoms with Gasteiger partial charge >= 0.3 is 17.9 Å². The van der Waals surface area contributed by atoms with E-state index in [4.69, 9.17) is 9.47 Å². The van der Waals surface area contributed by atoms with Gasteiger partial charge in [0, 0.05) is 5.69 Å². The highest BCUT2D eigenvalue weighted by Crippen LogP contribution is 2.58. The lowest BCUT2D eigenvalue weighted by molar-refractivity contribution is -0.161. The Kier molecular flexibility index (Phi) is 8.05. The molecule has 3 atom stereocenters. The second kappa shape index (κ2) is 11.0. The molecule has 1 saturated carbocycles. The number of methoxy groups -OCH3 is 3. The van der Waals surface area contributed by atoms with Gasteiger partial charge in [-0.2, -0.15) is 0 Å². The van der Waals surface area contributed by atoms with Gasteiger partial charge in [0.25, 0.3) is 0 Å². The molecule has 1 aromatic carbocycles. The highest BCUT2D eigenvalue weighted by Gasteiger charge is 2.56. The minimum Gasteiger partial charge on any atom is -0.469 e. The number of nitrogens with one attached hydrogen (secondary N) is 1. The van der Waals surface area contributed by atoms with Gasteiger partial charge in [0.05, 0.1) is 26.7 Å². The second-order valence-corrected chi connectivity index (χ2v) is 11.5. The van der Waals surface area contributed by atoms with E-state index in [0.29, 0.717) is 6.42 Å². The van der Waals surface area contributed by atoms with Crippen molar-refractivity contribution >= 4 is 29.5 Å². The molecule has 40 heavy (non-hydrogen) atoms. The first-order chi connectivity index (χ1) is 18.9. The summed E-state index contributed by atoms with van der Waals surface area (Å²) in [6.07, 6.45) is 4.11. The van der Waals surface area contributed by atoms with Crippen LogP contribution in [0.3, 0.4) is 0 Å². The second-order valence-electron chi connectivity index (χ2n) is 11.5. The molecule has 11 nitrogen and oxygen atoms in total. The van der Waals surface area contributed by atoms with Crippen molar-refractivity contribution in [2.45, 2.75) is 77.7 Å². The van der Waals surface area contributed by atoms with Crippen molar-refractivity contribution in [3.05, 3.63) is 40.2 Å². The van der Waals surface area contributed by atoms with Crippen LogP contribution in [-0.2, 0) is 42.2 Å². The molecule has 216 valence electrons. The average molecular weight is 555 g/mol. The molecule has 2 aliphatic carbocycles. The van der Waals surface area contributed by atoms with Crippen molar-refractivity contribution in [2.75, 3.05) is 26.6 Å². The van der Waals surface area contributed by atoms with Crippen LogP contribution in [-0.4, -0.2) is 60.1 Å². The first-order valence-corrected chi connectivity index (χ1v) is 13.6. The van der Waals surface area contributed by atoms with Crippen molar-refractivity contribution in [2.24, 2.45) is 11.3 Å². The predicted molar refractivity (Wildman–Crippen MR) is 145 cm³/mol. The zero-order chi connectivity index (χ0) is 29.4. The molecular formula is C29H38N4O7. The van der Waals surface area contributed by atoms with Crippen LogP contribution in [0.5, 0.6) is 0 Å². The highest BCUT2D eigenvalue weighted by atomic mass is 16.5. The Balaban J connectivity index is 1.72. The minimum absolute atomic E-state index is 0.108. The first kappa shape index (κ1) is 29.2. The molecule has 0 aliphatic heterocycles. The van der Waals surface area contributed by atoms with Gasteiger partial charge in [-0.25, -0.2) is 14.3 Å². The number of benzene rings is 1. The Morgan fingerprint density at radius 2 is 1.75 bits per heavy atom. The molecule has 2 aromatic rings. The maximum absolute atomic E-state index is 13.4. The first-order valence-electron chi connectivity index (χ1n) is 13.6. The van der Waals surface area contributed by atoms with Gasteiger partial charge in [0.2, 0.25) is 11.6 Å². The maximum Gasteiger partial charge on any atom is 0.361 e. The van der Waals surface area contributed by atoms with Gasteiger partial charge in [-0.15, -0.1) is 5.10 Å². The quantitative estimate of drug-likeness (QED) is 0.400. The lowest BCUT2D eigenvalue weighted by Gasteiger charge is -2.54. The summed E-state index contributed by atoms with van der Waals surface area (Å²) in [5, 5.41) is 10.7. The average Bonchev–Trinajstić information content (AvgIpc) is 3.34. The number of fused-ring (bicyclic) bond motifs is 3. The Hall–Kier alpha value is -3.76. The van der Waals surface area contributed by atoms with E-state index in [2.05, 4.69) is 53.3 Å². The topological polar surface area (TPSA) is 139 Å². The third-order valence-corrected chi connectivity index (χ3v) is 8.90. The van der Waals surface area contributed by atoms with E-state index in [1.807, 2.05) is 6.92 Å². The number of esters is 3. The van der Waals surface area contributed by atoms with Gasteiger partial charge in [-0.3, -0.25) is 9.59 Å². The number of hydrogen-bond acceptors (Lipinski definition) is 9. The summed E-state index contributed by atoms with van der Waals surface area (Å²) in [5.41, 5.74) is 2.52. The lowest BCUT2D eigenvalue weighted by Crippen LogP contribution is -2.52. The van der Waals surface area contributed by atoms with Crippen molar-refractivity contribution in [1.29, 1.82) is 0 Å². The molecule has 1 amide bonds. The Morgan fingerprint density at radius 1 is 1.05 bits per heavy atom. The summed E-state index contributed by atoms with van der Waals surface area (Å²) in [7, 11) is 3.77. The number of amides is 1. The lowest BCUT2D eigenvalue weighted by atomic mass is 9.49. The Bertz CT molecular complexity index is 1350. The van der Waals surface area contributed by atoms with Crippen LogP contribution in [0.4, 0.5) is 5.69 Å². The van der Waals surface area contributed by atoms with E-state index >= 15 is 0 Å². The number of aromatic nitrogens is 3. The molecule has 2 aliphatic rings. The molecule has 1 fully saturated rings. The van der Waals surface area contributed by atoms with E-state index in [9.17, 15) is 19.2 Å². The molecule has 1 aromatic heterocycles. The van der Waals surface area contributed by atoms with E-state index in [1.165, 1.54) is 7.11 Å². The standard InChI is InChI=1S/C29H38N4O7/c1-16(2)17-9-11-19-18(10-12-20-28(19,3)13-8-14-29(20,4)27(37)40-7)22(17)30-21(34)15-33-24(26(36)39-6)23(31-32-33)25(35)38-5/h9,11,16,20H,8,10,12-15H2,1-7H3,(H,30,34)/t20-,28-,29-/m1/s1. The van der Waals surface area contributed by atoms with Gasteiger partial charge in [0.15, 0.2) is 5.69 Å². The Morgan fingerprint density at radius 3 is 2.38 bits per heavy atom. The van der Waals surface area contributed by atoms with E-state index < -0.39 is 23.3 Å². The van der Waals surface area contributed by atoms with Gasteiger partial charge in [-0.05, 0) is 66.5 Å². The molecule has 1 heterocycles. The normalized spacial score (nSPS) is 23.6. The maximum atomic E-state index is 13.4. The SMILES string of the molecule is COC(=O)c1nnn(CC(=O)Nc2c(C(C)C)ccc3c2CC[C@H]2[C@](C)(C(=O)OC)CCC[C@]32C)c1C(=O)OC. The van der Waals surface area contributed by atoms with Gasteiger partial charge in [-0.1, -0.05) is 44.5 Å².